The van der Waals surface area contributed by atoms with Crippen LogP contribution in [0.3, 0.4) is 0 Å². The third-order valence-electron chi connectivity index (χ3n) is 5.20. The second kappa shape index (κ2) is 15.5. The molecule has 10 heteroatoms. The highest BCUT2D eigenvalue weighted by molar-refractivity contribution is 5.84. The van der Waals surface area contributed by atoms with Gasteiger partial charge in [-0.2, -0.15) is 5.10 Å². The maximum absolute atomic E-state index is 12.9. The molecule has 0 aliphatic carbocycles. The zero-order valence-corrected chi connectivity index (χ0v) is 18.3. The largest absolute Gasteiger partial charge is 0.483 e. The minimum Gasteiger partial charge on any atom is -0.483 e. The van der Waals surface area contributed by atoms with Crippen LogP contribution in [-0.2, 0) is 31.1 Å². The molecule has 32 heavy (non-hydrogen) atoms. The fourth-order valence-corrected chi connectivity index (χ4v) is 3.59. The summed E-state index contributed by atoms with van der Waals surface area (Å²) in [5.41, 5.74) is 0.759. The molecule has 1 fully saturated rings. The molecule has 0 bridgehead atoms. The summed E-state index contributed by atoms with van der Waals surface area (Å²) in [6.45, 7) is 3.35. The zero-order valence-electron chi connectivity index (χ0n) is 18.3. The van der Waals surface area contributed by atoms with Gasteiger partial charge in [-0.05, 0) is 30.9 Å². The van der Waals surface area contributed by atoms with E-state index in [-0.39, 0.29) is 18.9 Å². The number of likely N-dealkylation sites (tertiary alicyclic amines) is 1. The maximum atomic E-state index is 12.9. The van der Waals surface area contributed by atoms with Crippen molar-refractivity contribution in [2.45, 2.75) is 24.8 Å². The molecule has 0 unspecified atom stereocenters. The number of nitrogens with one attached hydrogen (secondary N) is 1. The Kier molecular flexibility index (Phi) is 13.0. The van der Waals surface area contributed by atoms with Crippen molar-refractivity contribution in [3.05, 3.63) is 54.4 Å². The first-order valence-corrected chi connectivity index (χ1v) is 10.3. The van der Waals surface area contributed by atoms with Crippen LogP contribution in [0.4, 0.5) is 0 Å². The molecule has 1 aliphatic heterocycles. The molecule has 2 aromatic rings. The highest BCUT2D eigenvalue weighted by Gasteiger charge is 2.43. The summed E-state index contributed by atoms with van der Waals surface area (Å²) in [6, 6.07) is 12.4. The summed E-state index contributed by atoms with van der Waals surface area (Å²) in [5.74, 6) is 0.0426. The van der Waals surface area contributed by atoms with E-state index < -0.39 is 5.54 Å². The monoisotopic (exact) mass is 448 g/mol. The van der Waals surface area contributed by atoms with Crippen LogP contribution in [0.2, 0.25) is 0 Å². The Bertz CT molecular complexity index is 756. The van der Waals surface area contributed by atoms with Crippen LogP contribution in [0, 0.1) is 0 Å². The summed E-state index contributed by atoms with van der Waals surface area (Å²) in [5, 5.41) is 21.2. The number of methoxy groups -OCH3 is 1. The van der Waals surface area contributed by atoms with Gasteiger partial charge >= 0.3 is 0 Å². The topological polar surface area (TPSA) is 134 Å². The van der Waals surface area contributed by atoms with Crippen molar-refractivity contribution >= 4 is 18.9 Å². The number of carboxylic acid groups (broad SMARTS) is 2. The highest BCUT2D eigenvalue weighted by atomic mass is 16.5. The Balaban J connectivity index is 0.000000769. The van der Waals surface area contributed by atoms with Crippen molar-refractivity contribution in [2.75, 3.05) is 39.9 Å². The van der Waals surface area contributed by atoms with E-state index in [2.05, 4.69) is 39.6 Å². The van der Waals surface area contributed by atoms with Crippen molar-refractivity contribution in [1.29, 1.82) is 0 Å². The van der Waals surface area contributed by atoms with Crippen molar-refractivity contribution in [1.82, 2.24) is 20.0 Å². The van der Waals surface area contributed by atoms with Crippen LogP contribution >= 0.6 is 0 Å². The number of amides is 1. The molecule has 0 spiro atoms. The van der Waals surface area contributed by atoms with Crippen molar-refractivity contribution in [3.8, 4) is 0 Å². The molecule has 1 aromatic carbocycles. The van der Waals surface area contributed by atoms with Crippen LogP contribution in [0.1, 0.15) is 18.4 Å². The van der Waals surface area contributed by atoms with Gasteiger partial charge in [0.05, 0.1) is 6.61 Å². The number of piperidine rings is 1. The van der Waals surface area contributed by atoms with Gasteiger partial charge in [-0.25, -0.2) is 0 Å². The number of hydrogen-bond acceptors (Lipinski definition) is 6. The van der Waals surface area contributed by atoms with Crippen LogP contribution in [0.15, 0.2) is 48.8 Å². The first kappa shape index (κ1) is 26.8. The average molecular weight is 449 g/mol. The van der Waals surface area contributed by atoms with E-state index in [4.69, 9.17) is 24.5 Å². The van der Waals surface area contributed by atoms with Crippen molar-refractivity contribution in [2.24, 2.45) is 0 Å². The van der Waals surface area contributed by atoms with E-state index in [1.807, 2.05) is 23.0 Å². The molecular weight excluding hydrogens is 416 g/mol. The quantitative estimate of drug-likeness (QED) is 0.403. The van der Waals surface area contributed by atoms with E-state index in [9.17, 15) is 4.79 Å². The minimum absolute atomic E-state index is 0.0426. The second-order valence-corrected chi connectivity index (χ2v) is 7.02. The van der Waals surface area contributed by atoms with Gasteiger partial charge in [0.2, 0.25) is 5.91 Å². The van der Waals surface area contributed by atoms with E-state index in [0.717, 1.165) is 38.9 Å². The summed E-state index contributed by atoms with van der Waals surface area (Å²) < 4.78 is 6.89. The SMILES string of the molecule is COCCNC(=O)C1(n2cccn2)CCN(CCc2ccccc2)CC1.O=CO.O=CO. The molecule has 0 saturated carbocycles. The summed E-state index contributed by atoms with van der Waals surface area (Å²) in [6.07, 6.45) is 6.21. The summed E-state index contributed by atoms with van der Waals surface area (Å²) in [7, 11) is 1.64. The number of carbonyl (C=O) groups excluding carboxylic acids is 1. The highest BCUT2D eigenvalue weighted by Crippen LogP contribution is 2.30. The lowest BCUT2D eigenvalue weighted by molar-refractivity contribution is -0.133. The Morgan fingerprint density at radius 2 is 1.78 bits per heavy atom. The normalized spacial score (nSPS) is 14.7. The molecule has 1 aliphatic rings. The number of rotatable bonds is 8. The van der Waals surface area contributed by atoms with E-state index in [0.29, 0.717) is 13.2 Å². The number of aromatic nitrogens is 2. The van der Waals surface area contributed by atoms with E-state index in [1.54, 1.807) is 13.3 Å². The zero-order chi connectivity index (χ0) is 23.7. The molecule has 2 heterocycles. The smallest absolute Gasteiger partial charge is 0.290 e. The van der Waals surface area contributed by atoms with Crippen molar-refractivity contribution in [3.63, 3.8) is 0 Å². The Hall–Kier alpha value is -3.24. The summed E-state index contributed by atoms with van der Waals surface area (Å²) in [4.78, 5) is 32.1. The molecule has 3 rings (SSSR count). The van der Waals surface area contributed by atoms with Gasteiger partial charge in [-0.15, -0.1) is 0 Å². The van der Waals surface area contributed by atoms with Gasteiger partial charge in [-0.3, -0.25) is 19.1 Å². The van der Waals surface area contributed by atoms with Crippen LogP contribution < -0.4 is 5.32 Å². The number of benzene rings is 1. The van der Waals surface area contributed by atoms with Gasteiger partial charge in [-0.1, -0.05) is 30.3 Å². The predicted octanol–water partition coefficient (Wildman–Crippen LogP) is 1.08. The standard InChI is InChI=1S/C20H28N4O2.2CH2O2/c1-26-17-12-21-19(25)20(24-13-5-11-22-24)9-15-23(16-10-20)14-8-18-6-3-2-4-7-18;2*2-1-3/h2-7,11,13H,8-10,12,14-17H2,1H3,(H,21,25);2*1H,(H,2,3). The third-order valence-corrected chi connectivity index (χ3v) is 5.20. The number of hydrogen-bond donors (Lipinski definition) is 3. The Labute approximate surface area is 187 Å². The van der Waals surface area contributed by atoms with E-state index >= 15 is 0 Å². The second-order valence-electron chi connectivity index (χ2n) is 7.02. The molecule has 1 amide bonds. The fraction of sp³-hybridized carbons (Fsp3) is 0.455. The lowest BCUT2D eigenvalue weighted by atomic mass is 9.86. The van der Waals surface area contributed by atoms with Gasteiger partial charge < -0.3 is 25.2 Å². The molecule has 176 valence electrons. The first-order valence-electron chi connectivity index (χ1n) is 10.3. The molecule has 10 nitrogen and oxygen atoms in total. The maximum Gasteiger partial charge on any atom is 0.290 e. The van der Waals surface area contributed by atoms with Gasteiger partial charge in [0.1, 0.15) is 5.54 Å². The van der Waals surface area contributed by atoms with Crippen LogP contribution in [-0.4, -0.2) is 83.6 Å². The molecule has 0 atom stereocenters. The van der Waals surface area contributed by atoms with Gasteiger partial charge in [0, 0.05) is 45.7 Å². The summed E-state index contributed by atoms with van der Waals surface area (Å²) >= 11 is 0. The number of ether oxygens (including phenoxy) is 1. The minimum atomic E-state index is -0.597. The average Bonchev–Trinajstić information content (AvgIpc) is 3.35. The first-order chi connectivity index (χ1) is 15.6. The van der Waals surface area contributed by atoms with Crippen LogP contribution in [0.5, 0.6) is 0 Å². The third kappa shape index (κ3) is 8.48. The molecule has 1 aromatic heterocycles. The molecular formula is C22H32N4O6. The Morgan fingerprint density at radius 1 is 1.16 bits per heavy atom. The lowest BCUT2D eigenvalue weighted by Gasteiger charge is -2.40. The fourth-order valence-electron chi connectivity index (χ4n) is 3.59. The molecule has 0 radical (unpaired) electrons. The Morgan fingerprint density at radius 3 is 2.31 bits per heavy atom. The van der Waals surface area contributed by atoms with Gasteiger partial charge in [0.25, 0.3) is 12.9 Å². The van der Waals surface area contributed by atoms with Gasteiger partial charge in [0.15, 0.2) is 0 Å². The van der Waals surface area contributed by atoms with Crippen molar-refractivity contribution < 1.29 is 29.3 Å². The molecule has 1 saturated heterocycles. The van der Waals surface area contributed by atoms with Crippen LogP contribution in [0.25, 0.3) is 0 Å². The molecule has 3 N–H and O–H groups in total. The predicted molar refractivity (Wildman–Crippen MR) is 118 cm³/mol. The lowest BCUT2D eigenvalue weighted by Crippen LogP contribution is -2.55. The number of carbonyl (C=O) groups is 3. The number of nitrogens with zero attached hydrogens (tertiary/aromatic N) is 3. The van der Waals surface area contributed by atoms with E-state index in [1.165, 1.54) is 5.56 Å².